The molecule has 3 aromatic heterocycles. The van der Waals surface area contributed by atoms with Gasteiger partial charge >= 0.3 is 0 Å². The minimum Gasteiger partial charge on any atom is -0.493 e. The number of aromatic nitrogens is 6. The molecule has 4 heterocycles. The van der Waals surface area contributed by atoms with Crippen molar-refractivity contribution in [1.82, 2.24) is 34.4 Å². The van der Waals surface area contributed by atoms with Crippen LogP contribution in [-0.4, -0.2) is 67.6 Å². The molecule has 0 saturated heterocycles. The summed E-state index contributed by atoms with van der Waals surface area (Å²) in [5, 5.41) is 15.3. The van der Waals surface area contributed by atoms with E-state index in [-0.39, 0.29) is 16.9 Å². The number of aryl methyl sites for hydroxylation is 1. The summed E-state index contributed by atoms with van der Waals surface area (Å²) >= 11 is 0. The highest BCUT2D eigenvalue weighted by molar-refractivity contribution is 6.06. The Morgan fingerprint density at radius 2 is 2.08 bits per heavy atom. The lowest BCUT2D eigenvalue weighted by Crippen LogP contribution is -2.18. The van der Waals surface area contributed by atoms with Gasteiger partial charge in [-0.25, -0.2) is 9.37 Å². The van der Waals surface area contributed by atoms with Crippen LogP contribution < -0.4 is 10.1 Å². The van der Waals surface area contributed by atoms with Gasteiger partial charge in [0, 0.05) is 36.5 Å². The van der Waals surface area contributed by atoms with Crippen molar-refractivity contribution >= 4 is 11.7 Å². The van der Waals surface area contributed by atoms with Gasteiger partial charge in [-0.15, -0.1) is 10.2 Å². The highest BCUT2D eigenvalue weighted by atomic mass is 19.1. The molecule has 186 valence electrons. The quantitative estimate of drug-likeness (QED) is 0.468. The molecule has 5 rings (SSSR count). The van der Waals surface area contributed by atoms with Gasteiger partial charge in [0.05, 0.1) is 24.9 Å². The number of pyridine rings is 1. The van der Waals surface area contributed by atoms with Crippen LogP contribution in [0.1, 0.15) is 23.2 Å². The first kappa shape index (κ1) is 23.6. The first-order valence-corrected chi connectivity index (χ1v) is 11.8. The van der Waals surface area contributed by atoms with Gasteiger partial charge in [-0.2, -0.15) is 5.10 Å². The van der Waals surface area contributed by atoms with Crippen LogP contribution in [-0.2, 0) is 13.1 Å². The molecule has 4 aromatic rings. The Hall–Kier alpha value is -4.12. The van der Waals surface area contributed by atoms with Crippen molar-refractivity contribution in [3.8, 4) is 28.4 Å². The minimum absolute atomic E-state index is 0.187. The molecule has 1 aliphatic heterocycles. The summed E-state index contributed by atoms with van der Waals surface area (Å²) in [4.78, 5) is 19.9. The molecule has 0 atom stereocenters. The molecule has 1 amide bonds. The van der Waals surface area contributed by atoms with Crippen LogP contribution in [0.4, 0.5) is 10.2 Å². The standard InChI is InChI=1S/C25H27FN8O2/c1-32(2)9-10-34-15-17(14-28-34)18-12-19-22(13-20(18)26)36-11-4-3-8-33-16-27-31-24(33)21-6-5-7-23(29-21)30-25(19)35/h5-7,12-16H,3-4,8-11H2,1-2H3,(H,29,30,35). The molecule has 0 saturated carbocycles. The summed E-state index contributed by atoms with van der Waals surface area (Å²) in [7, 11) is 3.96. The fourth-order valence-electron chi connectivity index (χ4n) is 4.00. The second-order valence-corrected chi connectivity index (χ2v) is 8.89. The molecule has 1 aromatic carbocycles. The molecule has 0 aliphatic carbocycles. The lowest BCUT2D eigenvalue weighted by molar-refractivity contribution is 0.102. The molecule has 2 bridgehead atoms. The van der Waals surface area contributed by atoms with E-state index in [1.54, 1.807) is 35.5 Å². The number of likely N-dealkylation sites (N-methyl/N-ethyl adjacent to an activating group) is 1. The summed E-state index contributed by atoms with van der Waals surface area (Å²) in [5.74, 6) is 0.225. The van der Waals surface area contributed by atoms with E-state index in [4.69, 9.17) is 4.74 Å². The predicted molar refractivity (Wildman–Crippen MR) is 132 cm³/mol. The molecule has 1 N–H and O–H groups in total. The van der Waals surface area contributed by atoms with E-state index < -0.39 is 11.7 Å². The Balaban J connectivity index is 1.49. The third-order valence-corrected chi connectivity index (χ3v) is 5.92. The van der Waals surface area contributed by atoms with E-state index in [2.05, 4.69) is 25.6 Å². The van der Waals surface area contributed by atoms with Crippen molar-refractivity contribution in [2.45, 2.75) is 25.9 Å². The number of benzene rings is 1. The number of anilines is 1. The highest BCUT2D eigenvalue weighted by Gasteiger charge is 2.20. The largest absolute Gasteiger partial charge is 0.493 e. The number of nitrogens with zero attached hydrogens (tertiary/aromatic N) is 7. The third kappa shape index (κ3) is 5.10. The molecule has 0 unspecified atom stereocenters. The number of amides is 1. The molecule has 36 heavy (non-hydrogen) atoms. The number of hydrogen-bond donors (Lipinski definition) is 1. The van der Waals surface area contributed by atoms with Crippen molar-refractivity contribution in [3.63, 3.8) is 0 Å². The normalized spacial score (nSPS) is 13.9. The SMILES string of the molecule is CN(C)CCn1cc(-c2cc3c(cc2F)OCCCCn2cnnc2-c2cccc(n2)NC3=O)cn1. The average molecular weight is 491 g/mol. The summed E-state index contributed by atoms with van der Waals surface area (Å²) in [6.45, 7) is 2.48. The molecule has 0 radical (unpaired) electrons. The van der Waals surface area contributed by atoms with Crippen LogP contribution in [0.5, 0.6) is 5.75 Å². The molecule has 0 fully saturated rings. The van der Waals surface area contributed by atoms with Crippen LogP contribution >= 0.6 is 0 Å². The molecule has 0 spiro atoms. The first-order chi connectivity index (χ1) is 17.5. The second kappa shape index (κ2) is 10.2. The van der Waals surface area contributed by atoms with Crippen molar-refractivity contribution < 1.29 is 13.9 Å². The zero-order chi connectivity index (χ0) is 25.1. The molecule has 1 aliphatic rings. The molecular weight excluding hydrogens is 463 g/mol. The maximum atomic E-state index is 15.2. The summed E-state index contributed by atoms with van der Waals surface area (Å²) < 4.78 is 24.8. The van der Waals surface area contributed by atoms with Crippen LogP contribution in [0.3, 0.4) is 0 Å². The average Bonchev–Trinajstić information content (AvgIpc) is 3.52. The maximum Gasteiger partial charge on any atom is 0.260 e. The maximum absolute atomic E-state index is 15.2. The van der Waals surface area contributed by atoms with Crippen LogP contribution in [0.15, 0.2) is 49.1 Å². The van der Waals surface area contributed by atoms with Crippen molar-refractivity contribution in [2.75, 3.05) is 32.6 Å². The topological polar surface area (TPSA) is 103 Å². The number of hydrogen-bond acceptors (Lipinski definition) is 7. The molecular formula is C25H27FN8O2. The fraction of sp³-hybridized carbons (Fsp3) is 0.320. The fourth-order valence-corrected chi connectivity index (χ4v) is 4.00. The lowest BCUT2D eigenvalue weighted by atomic mass is 10.0. The zero-order valence-corrected chi connectivity index (χ0v) is 20.2. The van der Waals surface area contributed by atoms with Gasteiger partial charge in [0.15, 0.2) is 5.82 Å². The van der Waals surface area contributed by atoms with Gasteiger partial charge in [-0.05, 0) is 45.1 Å². The summed E-state index contributed by atoms with van der Waals surface area (Å²) in [6.07, 6.45) is 6.53. The number of nitrogens with one attached hydrogen (secondary N) is 1. The lowest BCUT2D eigenvalue weighted by Gasteiger charge is -2.15. The Morgan fingerprint density at radius 3 is 2.94 bits per heavy atom. The smallest absolute Gasteiger partial charge is 0.260 e. The summed E-state index contributed by atoms with van der Waals surface area (Å²) in [5.41, 5.74) is 1.68. The van der Waals surface area contributed by atoms with Gasteiger partial charge in [0.1, 0.15) is 29.4 Å². The van der Waals surface area contributed by atoms with Gasteiger partial charge in [-0.3, -0.25) is 9.48 Å². The van der Waals surface area contributed by atoms with Gasteiger partial charge < -0.3 is 19.5 Å². The Kier molecular flexibility index (Phi) is 6.72. The van der Waals surface area contributed by atoms with E-state index >= 15 is 4.39 Å². The number of carbonyl (C=O) groups excluding carboxylic acids is 1. The van der Waals surface area contributed by atoms with Crippen LogP contribution in [0.2, 0.25) is 0 Å². The molecule has 10 nitrogen and oxygen atoms in total. The van der Waals surface area contributed by atoms with Crippen LogP contribution in [0.25, 0.3) is 22.6 Å². The Bertz CT molecular complexity index is 1380. The van der Waals surface area contributed by atoms with E-state index in [0.29, 0.717) is 49.0 Å². The number of rotatable bonds is 4. The third-order valence-electron chi connectivity index (χ3n) is 5.92. The van der Waals surface area contributed by atoms with Gasteiger partial charge in [-0.1, -0.05) is 6.07 Å². The van der Waals surface area contributed by atoms with Crippen LogP contribution in [0, 0.1) is 5.82 Å². The van der Waals surface area contributed by atoms with Gasteiger partial charge in [0.2, 0.25) is 0 Å². The molecule has 11 heteroatoms. The zero-order valence-electron chi connectivity index (χ0n) is 20.2. The minimum atomic E-state index is -0.482. The second-order valence-electron chi connectivity index (χ2n) is 8.89. The Labute approximate surface area is 207 Å². The van der Waals surface area contributed by atoms with E-state index in [1.165, 1.54) is 12.1 Å². The number of fused-ring (bicyclic) bond motifs is 5. The summed E-state index contributed by atoms with van der Waals surface area (Å²) in [6, 6.07) is 8.08. The van der Waals surface area contributed by atoms with Crippen molar-refractivity contribution in [1.29, 1.82) is 0 Å². The monoisotopic (exact) mass is 490 g/mol. The first-order valence-electron chi connectivity index (χ1n) is 11.8. The number of carbonyl (C=O) groups is 1. The number of ether oxygens (including phenoxy) is 1. The van der Waals surface area contributed by atoms with E-state index in [0.717, 1.165) is 13.0 Å². The van der Waals surface area contributed by atoms with E-state index in [1.807, 2.05) is 29.6 Å². The van der Waals surface area contributed by atoms with E-state index in [9.17, 15) is 4.79 Å². The predicted octanol–water partition coefficient (Wildman–Crippen LogP) is 3.33. The van der Waals surface area contributed by atoms with Crippen molar-refractivity contribution in [2.24, 2.45) is 0 Å². The van der Waals surface area contributed by atoms with Gasteiger partial charge in [0.25, 0.3) is 5.91 Å². The van der Waals surface area contributed by atoms with Crippen molar-refractivity contribution in [3.05, 3.63) is 60.4 Å². The number of halogens is 1. The highest BCUT2D eigenvalue weighted by Crippen LogP contribution is 2.31. The Morgan fingerprint density at radius 1 is 1.19 bits per heavy atom.